The number of rotatable bonds is 5. The fourth-order valence-electron chi connectivity index (χ4n) is 3.56. The summed E-state index contributed by atoms with van der Waals surface area (Å²) in [5.41, 5.74) is 1.15. The van der Waals surface area contributed by atoms with Crippen molar-refractivity contribution in [1.29, 1.82) is 0 Å². The van der Waals surface area contributed by atoms with Gasteiger partial charge in [-0.05, 0) is 18.2 Å². The number of ether oxygens (including phenoxy) is 2. The van der Waals surface area contributed by atoms with E-state index in [1.807, 2.05) is 30.0 Å². The van der Waals surface area contributed by atoms with Crippen LogP contribution in [0.2, 0.25) is 0 Å². The molecule has 0 aliphatic carbocycles. The van der Waals surface area contributed by atoms with Crippen LogP contribution < -0.4 is 9.47 Å². The molecule has 2 aromatic rings. The first-order valence-electron chi connectivity index (χ1n) is 8.17. The van der Waals surface area contributed by atoms with Crippen LogP contribution in [0.15, 0.2) is 42.9 Å². The Morgan fingerprint density at radius 3 is 2.96 bits per heavy atom. The van der Waals surface area contributed by atoms with Crippen molar-refractivity contribution in [3.05, 3.63) is 48.4 Å². The van der Waals surface area contributed by atoms with E-state index in [4.69, 9.17) is 9.47 Å². The highest BCUT2D eigenvalue weighted by atomic mass is 32.2. The van der Waals surface area contributed by atoms with Crippen LogP contribution in [0, 0.1) is 0 Å². The van der Waals surface area contributed by atoms with E-state index < -0.39 is 0 Å². The second kappa shape index (κ2) is 6.61. The quantitative estimate of drug-likeness (QED) is 0.832. The van der Waals surface area contributed by atoms with Gasteiger partial charge < -0.3 is 9.47 Å². The predicted octanol–water partition coefficient (Wildman–Crippen LogP) is 2.62. The van der Waals surface area contributed by atoms with Crippen LogP contribution in [0.4, 0.5) is 0 Å². The van der Waals surface area contributed by atoms with Crippen LogP contribution in [0.25, 0.3) is 0 Å². The lowest BCUT2D eigenvalue weighted by Gasteiger charge is -2.47. The van der Waals surface area contributed by atoms with Crippen LogP contribution in [-0.4, -0.2) is 51.7 Å². The maximum Gasteiger partial charge on any atom is 0.217 e. The van der Waals surface area contributed by atoms with Gasteiger partial charge >= 0.3 is 0 Å². The third-order valence-electron chi connectivity index (χ3n) is 4.57. The second-order valence-corrected chi connectivity index (χ2v) is 7.93. The lowest BCUT2D eigenvalue weighted by atomic mass is 9.92. The molecule has 0 radical (unpaired) electrons. The molecule has 0 saturated carbocycles. The molecule has 0 N–H and O–H groups in total. The summed E-state index contributed by atoms with van der Waals surface area (Å²) in [7, 11) is 1.68. The molecule has 0 aromatic carbocycles. The average molecular weight is 343 g/mol. The molecule has 0 amide bonds. The first-order valence-corrected chi connectivity index (χ1v) is 9.16. The van der Waals surface area contributed by atoms with Crippen molar-refractivity contribution in [3.8, 4) is 11.6 Å². The van der Waals surface area contributed by atoms with Crippen molar-refractivity contribution in [2.24, 2.45) is 0 Å². The molecule has 0 unspecified atom stereocenters. The van der Waals surface area contributed by atoms with Gasteiger partial charge in [0, 0.05) is 54.5 Å². The van der Waals surface area contributed by atoms with Gasteiger partial charge in [0.2, 0.25) is 5.88 Å². The van der Waals surface area contributed by atoms with Crippen LogP contribution in [0.1, 0.15) is 12.0 Å². The van der Waals surface area contributed by atoms with E-state index >= 15 is 0 Å². The number of methoxy groups -OCH3 is 1. The molecule has 126 valence electrons. The van der Waals surface area contributed by atoms with Gasteiger partial charge in [-0.25, -0.2) is 4.98 Å². The van der Waals surface area contributed by atoms with Gasteiger partial charge in [-0.3, -0.25) is 9.88 Å². The largest absolute Gasteiger partial charge is 0.488 e. The molecule has 1 atom stereocenters. The van der Waals surface area contributed by atoms with Crippen LogP contribution in [0.5, 0.6) is 11.6 Å². The summed E-state index contributed by atoms with van der Waals surface area (Å²) >= 11 is 2.05. The first kappa shape index (κ1) is 15.7. The molecule has 1 spiro atoms. The summed E-state index contributed by atoms with van der Waals surface area (Å²) < 4.78 is 11.8. The highest BCUT2D eigenvalue weighted by molar-refractivity contribution is 8.01. The topological polar surface area (TPSA) is 47.5 Å². The predicted molar refractivity (Wildman–Crippen MR) is 94.5 cm³/mol. The van der Waals surface area contributed by atoms with Crippen molar-refractivity contribution in [2.75, 3.05) is 26.0 Å². The molecule has 2 aromatic heterocycles. The molecule has 2 aliphatic heterocycles. The molecule has 0 bridgehead atoms. The normalized spacial score (nSPS) is 22.3. The van der Waals surface area contributed by atoms with E-state index in [0.29, 0.717) is 4.75 Å². The molecule has 24 heavy (non-hydrogen) atoms. The second-order valence-electron chi connectivity index (χ2n) is 6.44. The Morgan fingerprint density at radius 1 is 1.29 bits per heavy atom. The number of likely N-dealkylation sites (tertiary alicyclic amines) is 1. The average Bonchev–Trinajstić information content (AvgIpc) is 3.00. The van der Waals surface area contributed by atoms with Gasteiger partial charge in [-0.2, -0.15) is 0 Å². The SMILES string of the molecule is COc1ncccc1CN1CC2(C[C@H](Oc3cccnc3)CS2)C1. The maximum absolute atomic E-state index is 6.06. The summed E-state index contributed by atoms with van der Waals surface area (Å²) in [6.07, 6.45) is 6.72. The Labute approximate surface area is 146 Å². The zero-order valence-corrected chi connectivity index (χ0v) is 14.5. The standard InChI is InChI=1S/C18H21N3O2S/c1-22-17-14(4-2-7-20-17)10-21-12-18(13-21)8-16(11-24-18)23-15-5-3-6-19-9-15/h2-7,9,16H,8,10-13H2,1H3/t16-/m0/s1. The Morgan fingerprint density at radius 2 is 2.17 bits per heavy atom. The van der Waals surface area contributed by atoms with E-state index in [2.05, 4.69) is 20.9 Å². The zero-order valence-electron chi connectivity index (χ0n) is 13.7. The number of aromatic nitrogens is 2. The molecule has 6 heteroatoms. The number of hydrogen-bond acceptors (Lipinski definition) is 6. The van der Waals surface area contributed by atoms with Gasteiger partial charge in [0.1, 0.15) is 11.9 Å². The molecule has 4 rings (SSSR count). The number of pyridine rings is 2. The van der Waals surface area contributed by atoms with Gasteiger partial charge in [-0.15, -0.1) is 11.8 Å². The third kappa shape index (κ3) is 3.21. The third-order valence-corrected chi connectivity index (χ3v) is 6.15. The highest BCUT2D eigenvalue weighted by Crippen LogP contribution is 2.46. The zero-order chi connectivity index (χ0) is 16.4. The molecule has 4 heterocycles. The number of thioether (sulfide) groups is 1. The number of nitrogens with zero attached hydrogens (tertiary/aromatic N) is 3. The highest BCUT2D eigenvalue weighted by Gasteiger charge is 2.49. The van der Waals surface area contributed by atoms with E-state index in [-0.39, 0.29) is 6.10 Å². The van der Waals surface area contributed by atoms with Crippen molar-refractivity contribution in [3.63, 3.8) is 0 Å². The first-order chi connectivity index (χ1) is 11.8. The smallest absolute Gasteiger partial charge is 0.217 e. The van der Waals surface area contributed by atoms with E-state index in [0.717, 1.165) is 49.0 Å². The lowest BCUT2D eigenvalue weighted by molar-refractivity contribution is 0.0910. The summed E-state index contributed by atoms with van der Waals surface area (Å²) in [5.74, 6) is 2.66. The molecule has 2 fully saturated rings. The summed E-state index contributed by atoms with van der Waals surface area (Å²) in [6, 6.07) is 7.95. The van der Waals surface area contributed by atoms with Crippen LogP contribution in [-0.2, 0) is 6.54 Å². The van der Waals surface area contributed by atoms with Crippen molar-refractivity contribution in [2.45, 2.75) is 23.8 Å². The van der Waals surface area contributed by atoms with Crippen LogP contribution >= 0.6 is 11.8 Å². The van der Waals surface area contributed by atoms with Gasteiger partial charge in [-0.1, -0.05) is 6.07 Å². The van der Waals surface area contributed by atoms with Gasteiger partial charge in [0.05, 0.1) is 13.3 Å². The lowest BCUT2D eigenvalue weighted by Crippen LogP contribution is -2.58. The van der Waals surface area contributed by atoms with Crippen molar-refractivity contribution >= 4 is 11.8 Å². The summed E-state index contributed by atoms with van der Waals surface area (Å²) in [6.45, 7) is 3.10. The molecule has 2 saturated heterocycles. The minimum atomic E-state index is 0.286. The summed E-state index contributed by atoms with van der Waals surface area (Å²) in [5, 5.41) is 0. The van der Waals surface area contributed by atoms with Crippen molar-refractivity contribution < 1.29 is 9.47 Å². The molecule has 5 nitrogen and oxygen atoms in total. The minimum Gasteiger partial charge on any atom is -0.488 e. The molecular formula is C18H21N3O2S. The monoisotopic (exact) mass is 343 g/mol. The van der Waals surface area contributed by atoms with E-state index in [9.17, 15) is 0 Å². The van der Waals surface area contributed by atoms with E-state index in [1.165, 1.54) is 0 Å². The van der Waals surface area contributed by atoms with E-state index in [1.54, 1.807) is 25.7 Å². The number of hydrogen-bond donors (Lipinski definition) is 0. The Hall–Kier alpha value is -1.79. The Balaban J connectivity index is 1.31. The van der Waals surface area contributed by atoms with Gasteiger partial charge in [0.15, 0.2) is 0 Å². The molecule has 2 aliphatic rings. The fraction of sp³-hybridized carbons (Fsp3) is 0.444. The Kier molecular flexibility index (Phi) is 4.33. The Bertz CT molecular complexity index is 692. The maximum atomic E-state index is 6.06. The minimum absolute atomic E-state index is 0.286. The van der Waals surface area contributed by atoms with Crippen LogP contribution in [0.3, 0.4) is 0 Å². The molecular weight excluding hydrogens is 322 g/mol. The summed E-state index contributed by atoms with van der Waals surface area (Å²) in [4.78, 5) is 10.8. The van der Waals surface area contributed by atoms with Crippen molar-refractivity contribution in [1.82, 2.24) is 14.9 Å². The fourth-order valence-corrected chi connectivity index (χ4v) is 5.13. The van der Waals surface area contributed by atoms with Gasteiger partial charge in [0.25, 0.3) is 0 Å².